The van der Waals surface area contributed by atoms with Gasteiger partial charge in [-0.15, -0.1) is 0 Å². The summed E-state index contributed by atoms with van der Waals surface area (Å²) in [5.41, 5.74) is 10.6. The second-order valence-electron chi connectivity index (χ2n) is 14.9. The van der Waals surface area contributed by atoms with Crippen LogP contribution in [0.4, 0.5) is 0 Å². The molecule has 1 aliphatic rings. The van der Waals surface area contributed by atoms with Crippen LogP contribution in [0.1, 0.15) is 28.4 Å². The molecule has 0 amide bonds. The number of furan rings is 1. The van der Waals surface area contributed by atoms with Crippen molar-refractivity contribution < 1.29 is 4.42 Å². The highest BCUT2D eigenvalue weighted by molar-refractivity contribution is 6.20. The zero-order chi connectivity index (χ0) is 39.0. The number of fused-ring (bicyclic) bond motifs is 9. The van der Waals surface area contributed by atoms with Gasteiger partial charge >= 0.3 is 0 Å². The molecule has 3 aromatic heterocycles. The summed E-state index contributed by atoms with van der Waals surface area (Å²) in [6.45, 7) is 0. The summed E-state index contributed by atoms with van der Waals surface area (Å²) in [5, 5.41) is 21.2. The Balaban J connectivity index is 1.17. The third-order valence-electron chi connectivity index (χ3n) is 11.6. The lowest BCUT2D eigenvalue weighted by atomic mass is 9.96. The summed E-state index contributed by atoms with van der Waals surface area (Å²) in [6.07, 6.45) is -0.649. The number of aromatic nitrogens is 2. The lowest BCUT2D eigenvalue weighted by Crippen LogP contribution is -2.34. The standard InChI is InChI=1S/C52H32N6O/c53-31-34-28-45(58-42-26-14-11-23-37(42)40-29-39-36-22-10-13-25-41(36)57(43(39)30-44(40)58)35-20-8-3-9-21-35)49-48(38-24-12-15-27-46(38)59-49)47(34)52-55-50(32-16-4-1-5-17-32)54-51(56-52)33-18-6-2-7-19-33/h1-30,52H,(H,54,55,56). The molecule has 1 aliphatic heterocycles. The minimum Gasteiger partial charge on any atom is -0.454 e. The predicted octanol–water partition coefficient (Wildman–Crippen LogP) is 12.1. The van der Waals surface area contributed by atoms with E-state index in [2.05, 4.69) is 112 Å². The van der Waals surface area contributed by atoms with Crippen LogP contribution in [0.15, 0.2) is 196 Å². The third-order valence-corrected chi connectivity index (χ3v) is 11.6. The lowest BCUT2D eigenvalue weighted by Gasteiger charge is -2.25. The highest BCUT2D eigenvalue weighted by Crippen LogP contribution is 2.45. The summed E-state index contributed by atoms with van der Waals surface area (Å²) in [5.74, 6) is 1.26. The van der Waals surface area contributed by atoms with E-state index in [9.17, 15) is 5.26 Å². The van der Waals surface area contributed by atoms with Crippen LogP contribution in [0.3, 0.4) is 0 Å². The molecular formula is C52H32N6O. The van der Waals surface area contributed by atoms with Gasteiger partial charge < -0.3 is 18.9 Å². The minimum atomic E-state index is -0.649. The second-order valence-corrected chi connectivity index (χ2v) is 14.9. The summed E-state index contributed by atoms with van der Waals surface area (Å²) in [7, 11) is 0. The van der Waals surface area contributed by atoms with Crippen molar-refractivity contribution in [2.24, 2.45) is 9.98 Å². The van der Waals surface area contributed by atoms with Gasteiger partial charge in [-0.05, 0) is 48.5 Å². The van der Waals surface area contributed by atoms with Gasteiger partial charge in [-0.25, -0.2) is 9.98 Å². The predicted molar refractivity (Wildman–Crippen MR) is 239 cm³/mol. The number of nitrogens with one attached hydrogen (secondary N) is 1. The first-order chi connectivity index (χ1) is 29.2. The Bertz CT molecular complexity index is 3590. The third kappa shape index (κ3) is 5.00. The number of nitrogens with zero attached hydrogens (tertiary/aromatic N) is 5. The van der Waals surface area contributed by atoms with E-state index >= 15 is 0 Å². The van der Waals surface area contributed by atoms with E-state index in [0.717, 1.165) is 77.3 Å². The van der Waals surface area contributed by atoms with Crippen molar-refractivity contribution in [3.8, 4) is 17.4 Å². The number of rotatable bonds is 5. The number of hydrogen-bond donors (Lipinski definition) is 1. The maximum Gasteiger partial charge on any atom is 0.159 e. The smallest absolute Gasteiger partial charge is 0.159 e. The fourth-order valence-electron chi connectivity index (χ4n) is 9.05. The van der Waals surface area contributed by atoms with Crippen LogP contribution in [0, 0.1) is 11.3 Å². The van der Waals surface area contributed by atoms with E-state index in [0.29, 0.717) is 22.8 Å². The molecule has 1 atom stereocenters. The Morgan fingerprint density at radius 2 is 1.12 bits per heavy atom. The van der Waals surface area contributed by atoms with Gasteiger partial charge in [0.25, 0.3) is 0 Å². The van der Waals surface area contributed by atoms with Gasteiger partial charge in [0.05, 0.1) is 39.4 Å². The molecule has 0 radical (unpaired) electrons. The zero-order valence-electron chi connectivity index (χ0n) is 31.5. The number of hydrogen-bond acceptors (Lipinski definition) is 5. The van der Waals surface area contributed by atoms with Gasteiger partial charge in [-0.2, -0.15) is 5.26 Å². The summed E-state index contributed by atoms with van der Waals surface area (Å²) in [4.78, 5) is 10.3. The molecule has 1 unspecified atom stereocenters. The molecule has 0 fully saturated rings. The van der Waals surface area contributed by atoms with Gasteiger partial charge in [-0.3, -0.25) is 0 Å². The Kier molecular flexibility index (Phi) is 7.22. The molecule has 0 spiro atoms. The maximum atomic E-state index is 11.2. The molecule has 0 aliphatic carbocycles. The second kappa shape index (κ2) is 12.9. The van der Waals surface area contributed by atoms with E-state index < -0.39 is 6.17 Å². The Morgan fingerprint density at radius 1 is 0.542 bits per heavy atom. The van der Waals surface area contributed by atoms with Crippen molar-refractivity contribution in [1.29, 1.82) is 5.26 Å². The normalized spacial score (nSPS) is 14.3. The molecule has 7 heteroatoms. The lowest BCUT2D eigenvalue weighted by molar-refractivity contribution is 0.659. The Hall–Kier alpha value is -8.21. The maximum absolute atomic E-state index is 11.2. The summed E-state index contributed by atoms with van der Waals surface area (Å²) < 4.78 is 11.6. The fraction of sp³-hybridized carbons (Fsp3) is 0.0192. The molecule has 0 saturated carbocycles. The van der Waals surface area contributed by atoms with Gasteiger partial charge in [0.2, 0.25) is 0 Å². The van der Waals surface area contributed by atoms with Crippen molar-refractivity contribution in [3.63, 3.8) is 0 Å². The topological polar surface area (TPSA) is 83.5 Å². The zero-order valence-corrected chi connectivity index (χ0v) is 31.5. The van der Waals surface area contributed by atoms with Crippen LogP contribution in [0.25, 0.3) is 76.9 Å². The van der Waals surface area contributed by atoms with Gasteiger partial charge in [0.15, 0.2) is 11.4 Å². The van der Waals surface area contributed by atoms with Crippen LogP contribution in [0.5, 0.6) is 0 Å². The first-order valence-electron chi connectivity index (χ1n) is 19.7. The Morgan fingerprint density at radius 3 is 1.81 bits per heavy atom. The largest absolute Gasteiger partial charge is 0.454 e. The quantitative estimate of drug-likeness (QED) is 0.190. The summed E-state index contributed by atoms with van der Waals surface area (Å²) in [6, 6.07) is 65.0. The van der Waals surface area contributed by atoms with Crippen LogP contribution < -0.4 is 5.32 Å². The molecule has 0 bridgehead atoms. The average Bonchev–Trinajstić information content (AvgIpc) is 3.96. The molecule has 12 rings (SSSR count). The van der Waals surface area contributed by atoms with Crippen molar-refractivity contribution >= 4 is 77.2 Å². The van der Waals surface area contributed by atoms with Crippen molar-refractivity contribution in [1.82, 2.24) is 14.5 Å². The molecule has 7 nitrogen and oxygen atoms in total. The van der Waals surface area contributed by atoms with E-state index in [4.69, 9.17) is 14.4 Å². The van der Waals surface area contributed by atoms with E-state index in [1.54, 1.807) is 0 Å². The molecule has 4 heterocycles. The number of nitriles is 1. The van der Waals surface area contributed by atoms with Gasteiger partial charge in [0, 0.05) is 54.7 Å². The van der Waals surface area contributed by atoms with Gasteiger partial charge in [-0.1, -0.05) is 133 Å². The van der Waals surface area contributed by atoms with Crippen LogP contribution in [-0.2, 0) is 0 Å². The van der Waals surface area contributed by atoms with Crippen molar-refractivity contribution in [2.45, 2.75) is 6.17 Å². The first kappa shape index (κ1) is 33.0. The van der Waals surface area contributed by atoms with Crippen LogP contribution in [0.2, 0.25) is 0 Å². The molecular weight excluding hydrogens is 725 g/mol. The van der Waals surface area contributed by atoms with Crippen LogP contribution in [-0.4, -0.2) is 20.8 Å². The van der Waals surface area contributed by atoms with E-state index in [1.807, 2.05) is 91.0 Å². The molecule has 276 valence electrons. The number of amidine groups is 2. The first-order valence-corrected chi connectivity index (χ1v) is 19.7. The molecule has 11 aromatic rings. The van der Waals surface area contributed by atoms with E-state index in [-0.39, 0.29) is 0 Å². The van der Waals surface area contributed by atoms with Crippen molar-refractivity contribution in [3.05, 3.63) is 204 Å². The number of aliphatic imine (C=N–C) groups is 2. The monoisotopic (exact) mass is 756 g/mol. The number of para-hydroxylation sites is 4. The van der Waals surface area contributed by atoms with E-state index in [1.165, 1.54) is 10.8 Å². The highest BCUT2D eigenvalue weighted by atomic mass is 16.3. The molecule has 8 aromatic carbocycles. The number of benzene rings is 8. The highest BCUT2D eigenvalue weighted by Gasteiger charge is 2.30. The van der Waals surface area contributed by atoms with Gasteiger partial charge in [0.1, 0.15) is 17.6 Å². The fourth-order valence-corrected chi connectivity index (χ4v) is 9.05. The SMILES string of the molecule is N#Cc1cc(-n2c3ccccc3c3cc4c5ccccc5n(-c5ccccc5)c4cc32)c2oc3ccccc3c2c1C1N=C(c2ccccc2)N=C(c2ccccc2)N1. The molecule has 0 saturated heterocycles. The Labute approximate surface area is 338 Å². The molecule has 59 heavy (non-hydrogen) atoms. The summed E-state index contributed by atoms with van der Waals surface area (Å²) >= 11 is 0. The van der Waals surface area contributed by atoms with Crippen molar-refractivity contribution in [2.75, 3.05) is 0 Å². The molecule has 1 N–H and O–H groups in total. The minimum absolute atomic E-state index is 0.493. The van der Waals surface area contributed by atoms with Crippen LogP contribution >= 0.6 is 0 Å². The average molecular weight is 757 g/mol.